The van der Waals surface area contributed by atoms with Gasteiger partial charge in [0.15, 0.2) is 0 Å². The first-order valence-corrected chi connectivity index (χ1v) is 9.01. The third-order valence-electron chi connectivity index (χ3n) is 3.94. The highest BCUT2D eigenvalue weighted by molar-refractivity contribution is 5.78. The summed E-state index contributed by atoms with van der Waals surface area (Å²) in [5, 5.41) is 0. The molecule has 8 nitrogen and oxygen atoms in total. The van der Waals surface area contributed by atoms with Gasteiger partial charge in [-0.1, -0.05) is 41.5 Å². The van der Waals surface area contributed by atoms with E-state index < -0.39 is 24.4 Å². The minimum atomic E-state index is -1.02. The van der Waals surface area contributed by atoms with Crippen molar-refractivity contribution < 1.29 is 23.9 Å². The number of carbonyl (C=O) groups is 3. The fraction of sp³-hybridized carbons (Fsp3) is 0.833. The first-order chi connectivity index (χ1) is 11.9. The van der Waals surface area contributed by atoms with Crippen molar-refractivity contribution in [3.05, 3.63) is 0 Å². The molecule has 2 unspecified atom stereocenters. The molecular weight excluding hydrogens is 338 g/mol. The van der Waals surface area contributed by atoms with Crippen LogP contribution in [-0.4, -0.2) is 67.3 Å². The summed E-state index contributed by atoms with van der Waals surface area (Å²) in [5.41, 5.74) is 5.77. The number of carbonyl (C=O) groups excluding carboxylic acids is 3. The second-order valence-electron chi connectivity index (χ2n) is 7.54. The zero-order valence-corrected chi connectivity index (χ0v) is 17.3. The van der Waals surface area contributed by atoms with Crippen LogP contribution in [0, 0.1) is 17.8 Å². The third kappa shape index (κ3) is 8.03. The van der Waals surface area contributed by atoms with Gasteiger partial charge < -0.3 is 25.0 Å². The van der Waals surface area contributed by atoms with Gasteiger partial charge in [0.05, 0.1) is 0 Å². The van der Waals surface area contributed by atoms with Gasteiger partial charge in [0, 0.05) is 39.0 Å². The fourth-order valence-corrected chi connectivity index (χ4v) is 1.89. The molecule has 0 aliphatic rings. The largest absolute Gasteiger partial charge is 0.424 e. The smallest absolute Gasteiger partial charge is 0.412 e. The van der Waals surface area contributed by atoms with E-state index in [2.05, 4.69) is 0 Å². The number of ether oxygens (including phenoxy) is 2. The van der Waals surface area contributed by atoms with E-state index in [0.717, 1.165) is 0 Å². The zero-order chi connectivity index (χ0) is 20.6. The molecule has 2 N–H and O–H groups in total. The number of hydrogen-bond donors (Lipinski definition) is 1. The summed E-state index contributed by atoms with van der Waals surface area (Å²) < 4.78 is 10.6. The fourth-order valence-electron chi connectivity index (χ4n) is 1.89. The van der Waals surface area contributed by atoms with E-state index >= 15 is 0 Å². The Morgan fingerprint density at radius 1 is 0.846 bits per heavy atom. The van der Waals surface area contributed by atoms with Gasteiger partial charge in [-0.3, -0.25) is 9.59 Å². The van der Waals surface area contributed by atoms with Crippen molar-refractivity contribution in [3.8, 4) is 0 Å². The quantitative estimate of drug-likeness (QED) is 0.487. The summed E-state index contributed by atoms with van der Waals surface area (Å²) >= 11 is 0. The lowest BCUT2D eigenvalue weighted by atomic mass is 10.1. The Morgan fingerprint density at radius 2 is 1.35 bits per heavy atom. The van der Waals surface area contributed by atoms with Crippen LogP contribution in [0.2, 0.25) is 0 Å². The lowest BCUT2D eigenvalue weighted by Gasteiger charge is -2.27. The summed E-state index contributed by atoms with van der Waals surface area (Å²) in [7, 11) is 3.25. The monoisotopic (exact) mass is 373 g/mol. The molecule has 0 radical (unpaired) electrons. The first-order valence-electron chi connectivity index (χ1n) is 9.01. The number of rotatable bonds is 9. The Labute approximate surface area is 157 Å². The molecule has 0 saturated heterocycles. The maximum Gasteiger partial charge on any atom is 0.412 e. The van der Waals surface area contributed by atoms with Crippen molar-refractivity contribution in [1.82, 2.24) is 9.80 Å². The van der Waals surface area contributed by atoms with Crippen molar-refractivity contribution in [1.29, 1.82) is 0 Å². The summed E-state index contributed by atoms with van der Waals surface area (Å²) in [5.74, 6) is -1.00. The molecule has 0 bridgehead atoms. The van der Waals surface area contributed by atoms with Crippen molar-refractivity contribution in [3.63, 3.8) is 0 Å². The molecule has 0 aromatic rings. The van der Waals surface area contributed by atoms with E-state index in [0.29, 0.717) is 13.1 Å². The summed E-state index contributed by atoms with van der Waals surface area (Å²) in [6.07, 6.45) is -1.64. The van der Waals surface area contributed by atoms with E-state index in [9.17, 15) is 14.4 Å². The van der Waals surface area contributed by atoms with Crippen LogP contribution in [0.15, 0.2) is 0 Å². The maximum absolute atomic E-state index is 12.2. The normalized spacial score (nSPS) is 13.5. The number of esters is 1. The predicted molar refractivity (Wildman–Crippen MR) is 99.1 cm³/mol. The van der Waals surface area contributed by atoms with Gasteiger partial charge in [0.2, 0.25) is 5.91 Å². The third-order valence-corrected chi connectivity index (χ3v) is 3.94. The Kier molecular flexibility index (Phi) is 10.2. The lowest BCUT2D eigenvalue weighted by Crippen LogP contribution is -2.43. The van der Waals surface area contributed by atoms with Crippen molar-refractivity contribution in [2.75, 3.05) is 27.2 Å². The highest BCUT2D eigenvalue weighted by Crippen LogP contribution is 2.13. The van der Waals surface area contributed by atoms with Gasteiger partial charge in [-0.25, -0.2) is 4.79 Å². The lowest BCUT2D eigenvalue weighted by molar-refractivity contribution is -0.179. The van der Waals surface area contributed by atoms with Crippen molar-refractivity contribution in [2.24, 2.45) is 23.5 Å². The molecule has 0 aliphatic carbocycles. The molecule has 0 aromatic carbocycles. The van der Waals surface area contributed by atoms with E-state index in [4.69, 9.17) is 15.2 Å². The minimum absolute atomic E-state index is 0.00317. The van der Waals surface area contributed by atoms with E-state index in [1.54, 1.807) is 32.8 Å². The van der Waals surface area contributed by atoms with E-state index in [-0.39, 0.29) is 23.7 Å². The molecule has 26 heavy (non-hydrogen) atoms. The highest BCUT2D eigenvalue weighted by Gasteiger charge is 2.28. The van der Waals surface area contributed by atoms with Crippen molar-refractivity contribution >= 4 is 18.0 Å². The Hall–Kier alpha value is -1.83. The highest BCUT2D eigenvalue weighted by atomic mass is 16.7. The summed E-state index contributed by atoms with van der Waals surface area (Å²) in [6, 6.07) is -0.775. The Balaban J connectivity index is 4.66. The van der Waals surface area contributed by atoms with Gasteiger partial charge in [0.1, 0.15) is 6.04 Å². The molecule has 0 aromatic heterocycles. The maximum atomic E-state index is 12.2. The van der Waals surface area contributed by atoms with Crippen LogP contribution in [0.4, 0.5) is 4.79 Å². The molecule has 0 heterocycles. The molecule has 0 spiro atoms. The molecule has 0 aliphatic heterocycles. The molecule has 0 rings (SSSR count). The number of nitrogens with zero attached hydrogens (tertiary/aromatic N) is 2. The SMILES string of the molecule is CC(C)C(=O)N(C)CCN(C)C(=O)OC(OC(=O)C(N)C(C)C)C(C)C. The summed E-state index contributed by atoms with van der Waals surface area (Å²) in [6.45, 7) is 11.5. The molecular formula is C18H35N3O5. The zero-order valence-electron chi connectivity index (χ0n) is 17.3. The van der Waals surface area contributed by atoms with E-state index in [1.807, 2.05) is 27.7 Å². The molecule has 0 saturated carbocycles. The number of likely N-dealkylation sites (N-methyl/N-ethyl adjacent to an activating group) is 2. The van der Waals surface area contributed by atoms with Crippen LogP contribution in [-0.2, 0) is 19.1 Å². The first kappa shape index (κ1) is 24.2. The second kappa shape index (κ2) is 11.0. The Morgan fingerprint density at radius 3 is 1.77 bits per heavy atom. The topological polar surface area (TPSA) is 102 Å². The number of hydrogen-bond acceptors (Lipinski definition) is 6. The number of nitrogens with two attached hydrogens (primary N) is 1. The molecule has 2 atom stereocenters. The average Bonchev–Trinajstić information content (AvgIpc) is 2.56. The predicted octanol–water partition coefficient (Wildman–Crippen LogP) is 1.68. The molecule has 0 fully saturated rings. The van der Waals surface area contributed by atoms with Gasteiger partial charge >= 0.3 is 12.1 Å². The van der Waals surface area contributed by atoms with E-state index in [1.165, 1.54) is 4.90 Å². The summed E-state index contributed by atoms with van der Waals surface area (Å²) in [4.78, 5) is 39.0. The van der Waals surface area contributed by atoms with Crippen LogP contribution in [0.25, 0.3) is 0 Å². The molecule has 2 amide bonds. The average molecular weight is 373 g/mol. The standard InChI is InChI=1S/C18H35N3O5/c1-11(2)14(19)16(23)25-17(13(5)6)26-18(24)21(8)10-9-20(7)15(22)12(3)4/h11-14,17H,9-10,19H2,1-8H3. The minimum Gasteiger partial charge on any atom is -0.424 e. The van der Waals surface area contributed by atoms with Gasteiger partial charge in [-0.15, -0.1) is 0 Å². The van der Waals surface area contributed by atoms with Crippen LogP contribution in [0.1, 0.15) is 41.5 Å². The molecule has 8 heteroatoms. The van der Waals surface area contributed by atoms with Gasteiger partial charge in [-0.2, -0.15) is 0 Å². The van der Waals surface area contributed by atoms with Crippen molar-refractivity contribution in [2.45, 2.75) is 53.9 Å². The molecule has 152 valence electrons. The Bertz CT molecular complexity index is 479. The van der Waals surface area contributed by atoms with Gasteiger partial charge in [-0.05, 0) is 5.92 Å². The van der Waals surface area contributed by atoms with Crippen LogP contribution in [0.5, 0.6) is 0 Å². The van der Waals surface area contributed by atoms with Crippen LogP contribution < -0.4 is 5.73 Å². The van der Waals surface area contributed by atoms with Crippen LogP contribution >= 0.6 is 0 Å². The number of amides is 2. The second-order valence-corrected chi connectivity index (χ2v) is 7.54. The van der Waals surface area contributed by atoms with Crippen LogP contribution in [0.3, 0.4) is 0 Å². The van der Waals surface area contributed by atoms with Gasteiger partial charge in [0.25, 0.3) is 6.29 Å².